The molecule has 8 aromatic rings. The number of hydrogen-bond donors (Lipinski definition) is 0. The first-order chi connectivity index (χ1) is 21.3. The smallest absolute Gasteiger partial charge is 0.0538 e. The van der Waals surface area contributed by atoms with E-state index in [0.29, 0.717) is 0 Å². The molecule has 0 saturated heterocycles. The van der Waals surface area contributed by atoms with E-state index >= 15 is 0 Å². The Bertz CT molecular complexity index is 2340. The third kappa shape index (κ3) is 3.81. The highest BCUT2D eigenvalue weighted by atomic mass is 32.1. The standard InChI is InChI=1S/C41H25NS/c1-2-9-31-30(8-1)32-10-3-4-11-34(32)37-15-7-14-29(41(37)36-13-6-5-12-33(31)36)27-18-16-26(17-19-27)28-20-21-39-38(24-28)35-22-23-42-25-40(35)43-39/h1-25H. The lowest BCUT2D eigenvalue weighted by Gasteiger charge is -2.25. The lowest BCUT2D eigenvalue weighted by molar-refractivity contribution is 1.37. The molecule has 1 nitrogen and oxygen atoms in total. The zero-order chi connectivity index (χ0) is 28.3. The van der Waals surface area contributed by atoms with Gasteiger partial charge >= 0.3 is 0 Å². The van der Waals surface area contributed by atoms with Gasteiger partial charge in [-0.15, -0.1) is 11.3 Å². The summed E-state index contributed by atoms with van der Waals surface area (Å²) in [7, 11) is 0. The van der Waals surface area contributed by atoms with E-state index in [4.69, 9.17) is 0 Å². The number of aromatic nitrogens is 1. The van der Waals surface area contributed by atoms with Gasteiger partial charge in [0.05, 0.1) is 4.70 Å². The molecule has 0 bridgehead atoms. The number of rotatable bonds is 2. The molecule has 0 fully saturated rings. The largest absolute Gasteiger partial charge is 0.263 e. The van der Waals surface area contributed by atoms with Crippen molar-refractivity contribution in [2.75, 3.05) is 0 Å². The van der Waals surface area contributed by atoms with Crippen LogP contribution in [0.2, 0.25) is 0 Å². The first-order valence-electron chi connectivity index (χ1n) is 14.6. The lowest BCUT2D eigenvalue weighted by atomic mass is 9.78. The summed E-state index contributed by atoms with van der Waals surface area (Å²) in [5, 5.41) is 2.57. The van der Waals surface area contributed by atoms with E-state index in [1.54, 1.807) is 11.3 Å². The van der Waals surface area contributed by atoms with Crippen LogP contribution < -0.4 is 0 Å². The molecule has 200 valence electrons. The normalized spacial score (nSPS) is 11.7. The molecule has 1 aliphatic rings. The third-order valence-corrected chi connectivity index (χ3v) is 9.91. The third-order valence-electron chi connectivity index (χ3n) is 8.79. The maximum Gasteiger partial charge on any atom is 0.0538 e. The predicted octanol–water partition coefficient (Wildman–Crippen LogP) is 11.8. The molecule has 0 N–H and O–H groups in total. The highest BCUT2D eigenvalue weighted by molar-refractivity contribution is 7.25. The minimum absolute atomic E-state index is 1.22. The maximum absolute atomic E-state index is 4.32. The average Bonchev–Trinajstić information content (AvgIpc) is 3.45. The molecule has 0 radical (unpaired) electrons. The summed E-state index contributed by atoms with van der Waals surface area (Å²) in [4.78, 5) is 4.32. The molecule has 0 unspecified atom stereocenters. The maximum atomic E-state index is 4.32. The van der Waals surface area contributed by atoms with E-state index in [2.05, 4.69) is 145 Å². The van der Waals surface area contributed by atoms with Crippen molar-refractivity contribution in [1.82, 2.24) is 4.98 Å². The van der Waals surface area contributed by atoms with Gasteiger partial charge in [0.15, 0.2) is 0 Å². The Morgan fingerprint density at radius 2 is 0.907 bits per heavy atom. The Morgan fingerprint density at radius 3 is 1.60 bits per heavy atom. The quantitative estimate of drug-likeness (QED) is 0.204. The molecular formula is C41H25NS. The Labute approximate surface area is 254 Å². The lowest BCUT2D eigenvalue weighted by Crippen LogP contribution is -1.98. The topological polar surface area (TPSA) is 12.9 Å². The minimum atomic E-state index is 1.22. The van der Waals surface area contributed by atoms with Crippen LogP contribution in [0.5, 0.6) is 0 Å². The fourth-order valence-corrected chi connectivity index (χ4v) is 7.86. The molecule has 43 heavy (non-hydrogen) atoms. The first kappa shape index (κ1) is 24.3. The van der Waals surface area contributed by atoms with Gasteiger partial charge in [-0.3, -0.25) is 4.98 Å². The molecule has 0 spiro atoms. The number of benzene rings is 6. The zero-order valence-corrected chi connectivity index (χ0v) is 24.1. The van der Waals surface area contributed by atoms with Crippen LogP contribution in [-0.4, -0.2) is 4.98 Å². The Kier molecular flexibility index (Phi) is 5.44. The Balaban J connectivity index is 1.23. The van der Waals surface area contributed by atoms with Crippen LogP contribution in [0.25, 0.3) is 86.9 Å². The van der Waals surface area contributed by atoms with Crippen LogP contribution in [0.4, 0.5) is 0 Å². The molecule has 0 aliphatic heterocycles. The highest BCUT2D eigenvalue weighted by Crippen LogP contribution is 2.50. The van der Waals surface area contributed by atoms with Gasteiger partial charge in [-0.1, -0.05) is 121 Å². The van der Waals surface area contributed by atoms with E-state index in [1.165, 1.54) is 86.9 Å². The molecule has 2 heterocycles. The van der Waals surface area contributed by atoms with Crippen molar-refractivity contribution in [2.45, 2.75) is 0 Å². The molecule has 0 saturated carbocycles. The van der Waals surface area contributed by atoms with Crippen molar-refractivity contribution in [3.63, 3.8) is 0 Å². The van der Waals surface area contributed by atoms with Crippen molar-refractivity contribution in [1.29, 1.82) is 0 Å². The molecule has 1 aliphatic carbocycles. The second-order valence-electron chi connectivity index (χ2n) is 11.1. The van der Waals surface area contributed by atoms with E-state index in [1.807, 2.05) is 12.4 Å². The van der Waals surface area contributed by atoms with Crippen LogP contribution in [-0.2, 0) is 0 Å². The van der Waals surface area contributed by atoms with E-state index < -0.39 is 0 Å². The van der Waals surface area contributed by atoms with Gasteiger partial charge in [0, 0.05) is 27.9 Å². The fourth-order valence-electron chi connectivity index (χ4n) is 6.80. The summed E-state index contributed by atoms with van der Waals surface area (Å²) in [6, 6.07) is 51.3. The summed E-state index contributed by atoms with van der Waals surface area (Å²) in [6.07, 6.45) is 3.85. The van der Waals surface area contributed by atoms with Gasteiger partial charge in [0.25, 0.3) is 0 Å². The van der Waals surface area contributed by atoms with E-state index in [-0.39, 0.29) is 0 Å². The summed E-state index contributed by atoms with van der Waals surface area (Å²) >= 11 is 1.80. The molecular weight excluding hydrogens is 539 g/mol. The summed E-state index contributed by atoms with van der Waals surface area (Å²) in [5.74, 6) is 0. The average molecular weight is 564 g/mol. The monoisotopic (exact) mass is 563 g/mol. The molecule has 0 amide bonds. The Morgan fingerprint density at radius 1 is 0.372 bits per heavy atom. The van der Waals surface area contributed by atoms with Gasteiger partial charge in [0.1, 0.15) is 0 Å². The summed E-state index contributed by atoms with van der Waals surface area (Å²) in [5.41, 5.74) is 15.1. The van der Waals surface area contributed by atoms with E-state index in [0.717, 1.165) is 0 Å². The van der Waals surface area contributed by atoms with Gasteiger partial charge in [0.2, 0.25) is 0 Å². The Hall–Kier alpha value is -5.31. The van der Waals surface area contributed by atoms with Crippen LogP contribution >= 0.6 is 11.3 Å². The van der Waals surface area contributed by atoms with Crippen molar-refractivity contribution in [3.8, 4) is 66.8 Å². The SMILES string of the molecule is c1ccc2c(c1)-c1ccccc1-c1cccc(-c3ccc(-c4ccc5sc6cnccc6c5c4)cc3)c1-c1ccccc1-2. The predicted molar refractivity (Wildman–Crippen MR) is 183 cm³/mol. The van der Waals surface area contributed by atoms with Crippen LogP contribution in [0.15, 0.2) is 152 Å². The van der Waals surface area contributed by atoms with Crippen molar-refractivity contribution >= 4 is 31.5 Å². The second kappa shape index (κ2) is 9.62. The van der Waals surface area contributed by atoms with Gasteiger partial charge in [-0.25, -0.2) is 0 Å². The minimum Gasteiger partial charge on any atom is -0.263 e. The van der Waals surface area contributed by atoms with Gasteiger partial charge in [-0.05, 0) is 85.0 Å². The van der Waals surface area contributed by atoms with Crippen LogP contribution in [0, 0.1) is 0 Å². The second-order valence-corrected chi connectivity index (χ2v) is 12.2. The number of fused-ring (bicyclic) bond motifs is 11. The highest BCUT2D eigenvalue weighted by Gasteiger charge is 2.23. The number of pyridine rings is 1. The first-order valence-corrected chi connectivity index (χ1v) is 15.4. The molecule has 9 rings (SSSR count). The molecule has 2 heteroatoms. The van der Waals surface area contributed by atoms with Crippen LogP contribution in [0.1, 0.15) is 0 Å². The van der Waals surface area contributed by atoms with Crippen molar-refractivity contribution < 1.29 is 0 Å². The van der Waals surface area contributed by atoms with Crippen molar-refractivity contribution in [2.24, 2.45) is 0 Å². The number of thiophene rings is 1. The van der Waals surface area contributed by atoms with Gasteiger partial charge < -0.3 is 0 Å². The number of nitrogens with zero attached hydrogens (tertiary/aromatic N) is 1. The molecule has 6 aromatic carbocycles. The van der Waals surface area contributed by atoms with Crippen molar-refractivity contribution in [3.05, 3.63) is 152 Å². The fraction of sp³-hybridized carbons (Fsp3) is 0. The summed E-state index contributed by atoms with van der Waals surface area (Å²) < 4.78 is 2.53. The van der Waals surface area contributed by atoms with E-state index in [9.17, 15) is 0 Å². The van der Waals surface area contributed by atoms with Crippen LogP contribution in [0.3, 0.4) is 0 Å². The number of hydrogen-bond acceptors (Lipinski definition) is 2. The summed E-state index contributed by atoms with van der Waals surface area (Å²) in [6.45, 7) is 0. The molecule has 2 aromatic heterocycles. The van der Waals surface area contributed by atoms with Gasteiger partial charge in [-0.2, -0.15) is 0 Å². The zero-order valence-electron chi connectivity index (χ0n) is 23.3. The molecule has 0 atom stereocenters.